The highest BCUT2D eigenvalue weighted by Gasteiger charge is 2.47. The van der Waals surface area contributed by atoms with Crippen molar-refractivity contribution in [3.63, 3.8) is 0 Å². The van der Waals surface area contributed by atoms with Gasteiger partial charge in [0.2, 0.25) is 0 Å². The van der Waals surface area contributed by atoms with E-state index in [0.717, 1.165) is 46.6 Å². The number of hydrogen-bond acceptors (Lipinski definition) is 3. The minimum atomic E-state index is 0.505. The Morgan fingerprint density at radius 1 is 0.933 bits per heavy atom. The summed E-state index contributed by atoms with van der Waals surface area (Å²) in [5, 5.41) is 4.62. The van der Waals surface area contributed by atoms with Gasteiger partial charge < -0.3 is 14.8 Å². The van der Waals surface area contributed by atoms with Crippen LogP contribution in [0, 0.1) is 30.6 Å². The highest BCUT2D eigenvalue weighted by molar-refractivity contribution is 6.31. The Morgan fingerprint density at radius 3 is 2.30 bits per heavy atom. The zero-order chi connectivity index (χ0) is 20.7. The minimum absolute atomic E-state index is 0.505. The van der Waals surface area contributed by atoms with Gasteiger partial charge >= 0.3 is 0 Å². The van der Waals surface area contributed by atoms with Crippen LogP contribution in [0.2, 0.25) is 5.02 Å². The molecule has 2 aromatic rings. The molecule has 3 nitrogen and oxygen atoms in total. The molecular formula is C26H32ClNO2. The van der Waals surface area contributed by atoms with Crippen molar-refractivity contribution in [3.8, 4) is 11.5 Å². The van der Waals surface area contributed by atoms with Crippen LogP contribution in [-0.2, 0) is 13.2 Å². The van der Waals surface area contributed by atoms with Gasteiger partial charge in [0.25, 0.3) is 0 Å². The van der Waals surface area contributed by atoms with E-state index in [-0.39, 0.29) is 0 Å². The van der Waals surface area contributed by atoms with Crippen LogP contribution in [0.15, 0.2) is 36.4 Å². The van der Waals surface area contributed by atoms with Crippen molar-refractivity contribution in [1.29, 1.82) is 0 Å². The fourth-order valence-electron chi connectivity index (χ4n) is 6.40. The summed E-state index contributed by atoms with van der Waals surface area (Å²) >= 11 is 6.66. The molecule has 4 saturated carbocycles. The van der Waals surface area contributed by atoms with E-state index in [2.05, 4.69) is 24.4 Å². The van der Waals surface area contributed by atoms with Gasteiger partial charge in [0.15, 0.2) is 11.5 Å². The number of nitrogens with one attached hydrogen (secondary N) is 1. The van der Waals surface area contributed by atoms with Crippen LogP contribution < -0.4 is 14.8 Å². The monoisotopic (exact) mass is 425 g/mol. The highest BCUT2D eigenvalue weighted by atomic mass is 35.5. The van der Waals surface area contributed by atoms with E-state index in [1.807, 2.05) is 24.3 Å². The first-order valence-electron chi connectivity index (χ1n) is 11.4. The molecule has 0 saturated heterocycles. The van der Waals surface area contributed by atoms with Crippen LogP contribution in [0.1, 0.15) is 48.8 Å². The van der Waals surface area contributed by atoms with Gasteiger partial charge in [-0.2, -0.15) is 0 Å². The van der Waals surface area contributed by atoms with Crippen LogP contribution in [-0.4, -0.2) is 13.2 Å². The van der Waals surface area contributed by atoms with E-state index >= 15 is 0 Å². The molecule has 0 aromatic heterocycles. The zero-order valence-electron chi connectivity index (χ0n) is 18.0. The standard InChI is InChI=1S/C26H32ClNO2/c1-16-5-3-4-6-19(16)15-30-25-13-23(27)22(12-24(25)29-2)14-28-26-20-8-17-7-18(10-20)11-21(26)9-17/h3-6,12-13,17-18,20-21,26,28H,7-11,14-15H2,1-2H3. The van der Waals surface area contributed by atoms with E-state index < -0.39 is 0 Å². The summed E-state index contributed by atoms with van der Waals surface area (Å²) in [6.07, 6.45) is 7.19. The molecule has 0 radical (unpaired) electrons. The summed E-state index contributed by atoms with van der Waals surface area (Å²) in [6.45, 7) is 3.40. The number of aryl methyl sites for hydroxylation is 1. The van der Waals surface area contributed by atoms with E-state index in [0.29, 0.717) is 18.4 Å². The summed E-state index contributed by atoms with van der Waals surface area (Å²) in [4.78, 5) is 0. The summed E-state index contributed by atoms with van der Waals surface area (Å²) in [5.41, 5.74) is 3.48. The molecule has 2 aromatic carbocycles. The Labute approximate surface area is 185 Å². The van der Waals surface area contributed by atoms with E-state index in [1.54, 1.807) is 7.11 Å². The van der Waals surface area contributed by atoms with E-state index in [4.69, 9.17) is 21.1 Å². The molecule has 4 aliphatic rings. The predicted molar refractivity (Wildman–Crippen MR) is 121 cm³/mol. The molecule has 4 heteroatoms. The maximum absolute atomic E-state index is 6.66. The van der Waals surface area contributed by atoms with Gasteiger partial charge in [-0.25, -0.2) is 0 Å². The van der Waals surface area contributed by atoms with E-state index in [1.165, 1.54) is 43.2 Å². The lowest BCUT2D eigenvalue weighted by Gasteiger charge is -2.54. The molecule has 6 rings (SSSR count). The third-order valence-electron chi connectivity index (χ3n) is 7.73. The Hall–Kier alpha value is -1.71. The Kier molecular flexibility index (Phi) is 5.68. The number of benzene rings is 2. The maximum Gasteiger partial charge on any atom is 0.163 e. The Morgan fingerprint density at radius 2 is 1.63 bits per heavy atom. The topological polar surface area (TPSA) is 30.5 Å². The molecule has 4 bridgehead atoms. The van der Waals surface area contributed by atoms with E-state index in [9.17, 15) is 0 Å². The Balaban J connectivity index is 1.26. The predicted octanol–water partition coefficient (Wildman–Crippen LogP) is 6.15. The fraction of sp³-hybridized carbons (Fsp3) is 0.538. The molecular weight excluding hydrogens is 394 g/mol. The third kappa shape index (κ3) is 3.94. The summed E-state index contributed by atoms with van der Waals surface area (Å²) < 4.78 is 11.7. The molecule has 4 aliphatic carbocycles. The first-order chi connectivity index (χ1) is 14.6. The molecule has 30 heavy (non-hydrogen) atoms. The SMILES string of the molecule is COc1cc(CNC2C3CC4CC(C3)CC2C4)c(Cl)cc1OCc1ccccc1C. The molecule has 0 atom stereocenters. The van der Waals surface area contributed by atoms with Crippen molar-refractivity contribution >= 4 is 11.6 Å². The summed E-state index contributed by atoms with van der Waals surface area (Å²) in [7, 11) is 1.69. The summed E-state index contributed by atoms with van der Waals surface area (Å²) in [5.74, 6) is 5.16. The number of hydrogen-bond donors (Lipinski definition) is 1. The van der Waals surface area contributed by atoms with Crippen LogP contribution in [0.4, 0.5) is 0 Å². The molecule has 160 valence electrons. The molecule has 0 spiro atoms. The second-order valence-corrected chi connectivity index (χ2v) is 10.1. The molecule has 4 fully saturated rings. The molecule has 0 amide bonds. The Bertz CT molecular complexity index is 884. The highest BCUT2D eigenvalue weighted by Crippen LogP contribution is 2.53. The number of ether oxygens (including phenoxy) is 2. The van der Waals surface area contributed by atoms with Crippen molar-refractivity contribution in [2.45, 2.75) is 58.2 Å². The fourth-order valence-corrected chi connectivity index (χ4v) is 6.62. The lowest BCUT2D eigenvalue weighted by atomic mass is 9.54. The maximum atomic E-state index is 6.66. The van der Waals surface area contributed by atoms with Crippen molar-refractivity contribution in [1.82, 2.24) is 5.32 Å². The lowest BCUT2D eigenvalue weighted by molar-refractivity contribution is -0.0142. The normalized spacial score (nSPS) is 29.2. The second kappa shape index (κ2) is 8.43. The third-order valence-corrected chi connectivity index (χ3v) is 8.08. The summed E-state index contributed by atoms with van der Waals surface area (Å²) in [6, 6.07) is 12.9. The smallest absolute Gasteiger partial charge is 0.163 e. The number of halogens is 1. The van der Waals surface area contributed by atoms with Crippen LogP contribution in [0.5, 0.6) is 11.5 Å². The van der Waals surface area contributed by atoms with Gasteiger partial charge in [-0.3, -0.25) is 0 Å². The largest absolute Gasteiger partial charge is 0.493 e. The zero-order valence-corrected chi connectivity index (χ0v) is 18.8. The lowest BCUT2D eigenvalue weighted by Crippen LogP contribution is -2.54. The quantitative estimate of drug-likeness (QED) is 0.577. The van der Waals surface area contributed by atoms with Crippen LogP contribution >= 0.6 is 11.6 Å². The molecule has 1 N–H and O–H groups in total. The van der Waals surface area contributed by atoms with Crippen molar-refractivity contribution < 1.29 is 9.47 Å². The number of rotatable bonds is 7. The van der Waals surface area contributed by atoms with Crippen LogP contribution in [0.3, 0.4) is 0 Å². The second-order valence-electron chi connectivity index (χ2n) is 9.65. The van der Waals surface area contributed by atoms with Gasteiger partial charge in [0.05, 0.1) is 7.11 Å². The molecule has 0 heterocycles. The average Bonchev–Trinajstić information content (AvgIpc) is 2.73. The van der Waals surface area contributed by atoms with Crippen molar-refractivity contribution in [2.75, 3.05) is 7.11 Å². The van der Waals surface area contributed by atoms with Crippen LogP contribution in [0.25, 0.3) is 0 Å². The van der Waals surface area contributed by atoms with Gasteiger partial charge in [0, 0.05) is 23.7 Å². The van der Waals surface area contributed by atoms with Crippen molar-refractivity contribution in [2.24, 2.45) is 23.7 Å². The molecule has 0 unspecified atom stereocenters. The number of methoxy groups -OCH3 is 1. The average molecular weight is 426 g/mol. The van der Waals surface area contributed by atoms with Crippen molar-refractivity contribution in [3.05, 3.63) is 58.1 Å². The van der Waals surface area contributed by atoms with Gasteiger partial charge in [0.1, 0.15) is 6.61 Å². The molecule has 0 aliphatic heterocycles. The minimum Gasteiger partial charge on any atom is -0.493 e. The van der Waals surface area contributed by atoms with Gasteiger partial charge in [-0.15, -0.1) is 0 Å². The van der Waals surface area contributed by atoms with Gasteiger partial charge in [-0.05, 0) is 85.5 Å². The first-order valence-corrected chi connectivity index (χ1v) is 11.8. The van der Waals surface area contributed by atoms with Gasteiger partial charge in [-0.1, -0.05) is 35.9 Å². The first kappa shape index (κ1) is 20.2.